The highest BCUT2D eigenvalue weighted by molar-refractivity contribution is 5.99. The fraction of sp³-hybridized carbons (Fsp3) is 0.300. The molecule has 0 bridgehead atoms. The van der Waals surface area contributed by atoms with Crippen molar-refractivity contribution < 1.29 is 13.9 Å². The summed E-state index contributed by atoms with van der Waals surface area (Å²) in [5, 5.41) is 4.57. The van der Waals surface area contributed by atoms with Gasteiger partial charge in [0.05, 0.1) is 26.5 Å². The molecular formula is C20H23FN4O2. The fourth-order valence-corrected chi connectivity index (χ4v) is 2.89. The van der Waals surface area contributed by atoms with Crippen LogP contribution in [0.2, 0.25) is 0 Å². The number of aliphatic imine (C=N–C) groups is 1. The van der Waals surface area contributed by atoms with E-state index < -0.39 is 0 Å². The Labute approximate surface area is 157 Å². The third kappa shape index (κ3) is 4.02. The summed E-state index contributed by atoms with van der Waals surface area (Å²) in [6.45, 7) is 2.32. The number of nitrogens with two attached hydrogens (primary N) is 1. The molecule has 0 fully saturated rings. The van der Waals surface area contributed by atoms with Crippen LogP contribution in [-0.2, 0) is 11.3 Å². The Hall–Kier alpha value is -3.09. The number of amidine groups is 1. The quantitative estimate of drug-likeness (QED) is 0.846. The Bertz CT molecular complexity index is 914. The van der Waals surface area contributed by atoms with Gasteiger partial charge in [-0.25, -0.2) is 14.1 Å². The Balaban J connectivity index is 1.98. The number of rotatable bonds is 6. The number of nitrogens with zero attached hydrogens (tertiary/aromatic N) is 3. The van der Waals surface area contributed by atoms with E-state index in [1.54, 1.807) is 43.2 Å². The fourth-order valence-electron chi connectivity index (χ4n) is 2.89. The molecule has 0 radical (unpaired) electrons. The zero-order valence-electron chi connectivity index (χ0n) is 15.6. The molecule has 142 valence electrons. The van der Waals surface area contributed by atoms with E-state index in [2.05, 4.69) is 17.0 Å². The third-order valence-corrected chi connectivity index (χ3v) is 4.41. The molecule has 0 amide bonds. The summed E-state index contributed by atoms with van der Waals surface area (Å²) in [6.07, 6.45) is 4.81. The van der Waals surface area contributed by atoms with E-state index in [-0.39, 0.29) is 18.3 Å². The van der Waals surface area contributed by atoms with Gasteiger partial charge in [-0.05, 0) is 24.6 Å². The molecule has 0 saturated carbocycles. The maximum Gasteiger partial charge on any atom is 0.212 e. The number of ether oxygens (including phenoxy) is 2. The predicted octanol–water partition coefficient (Wildman–Crippen LogP) is 3.35. The maximum atomic E-state index is 14.0. The van der Waals surface area contributed by atoms with Crippen LogP contribution < -0.4 is 10.5 Å². The van der Waals surface area contributed by atoms with Crippen molar-refractivity contribution in [1.29, 1.82) is 0 Å². The van der Waals surface area contributed by atoms with Crippen LogP contribution in [-0.4, -0.2) is 29.8 Å². The molecule has 6 nitrogen and oxygen atoms in total. The zero-order valence-corrected chi connectivity index (χ0v) is 15.6. The van der Waals surface area contributed by atoms with Gasteiger partial charge in [-0.2, -0.15) is 5.10 Å². The van der Waals surface area contributed by atoms with Gasteiger partial charge in [0, 0.05) is 17.5 Å². The Morgan fingerprint density at radius 2 is 1.96 bits per heavy atom. The van der Waals surface area contributed by atoms with Gasteiger partial charge in [-0.1, -0.05) is 25.1 Å². The van der Waals surface area contributed by atoms with E-state index >= 15 is 0 Å². The second kappa shape index (κ2) is 8.07. The summed E-state index contributed by atoms with van der Waals surface area (Å²) >= 11 is 0. The van der Waals surface area contributed by atoms with Crippen molar-refractivity contribution in [3.8, 4) is 5.88 Å². The van der Waals surface area contributed by atoms with Gasteiger partial charge in [0.15, 0.2) is 11.6 Å². The van der Waals surface area contributed by atoms with Gasteiger partial charge >= 0.3 is 0 Å². The zero-order chi connectivity index (χ0) is 19.4. The van der Waals surface area contributed by atoms with Crippen molar-refractivity contribution >= 4 is 11.5 Å². The van der Waals surface area contributed by atoms with Crippen LogP contribution in [0.5, 0.6) is 5.88 Å². The van der Waals surface area contributed by atoms with E-state index in [1.807, 2.05) is 12.2 Å². The molecule has 0 spiro atoms. The highest BCUT2D eigenvalue weighted by Crippen LogP contribution is 2.27. The highest BCUT2D eigenvalue weighted by Gasteiger charge is 2.19. The van der Waals surface area contributed by atoms with Crippen LogP contribution >= 0.6 is 0 Å². The molecule has 0 saturated heterocycles. The molecule has 1 aliphatic rings. The molecule has 0 aliphatic carbocycles. The second-order valence-corrected chi connectivity index (χ2v) is 6.18. The summed E-state index contributed by atoms with van der Waals surface area (Å²) in [5.41, 5.74) is 7.82. The van der Waals surface area contributed by atoms with Crippen molar-refractivity contribution in [2.45, 2.75) is 19.9 Å². The van der Waals surface area contributed by atoms with Gasteiger partial charge in [-0.15, -0.1) is 0 Å². The van der Waals surface area contributed by atoms with Crippen LogP contribution in [0.1, 0.15) is 24.6 Å². The van der Waals surface area contributed by atoms with Crippen LogP contribution in [0.4, 0.5) is 4.39 Å². The summed E-state index contributed by atoms with van der Waals surface area (Å²) in [4.78, 5) is 4.47. The van der Waals surface area contributed by atoms with Gasteiger partial charge < -0.3 is 15.2 Å². The van der Waals surface area contributed by atoms with Crippen molar-refractivity contribution in [1.82, 2.24) is 9.78 Å². The van der Waals surface area contributed by atoms with E-state index in [1.165, 1.54) is 6.07 Å². The maximum absolute atomic E-state index is 14.0. The lowest BCUT2D eigenvalue weighted by Crippen LogP contribution is -2.16. The van der Waals surface area contributed by atoms with Gasteiger partial charge in [0.25, 0.3) is 0 Å². The molecule has 1 aromatic carbocycles. The summed E-state index contributed by atoms with van der Waals surface area (Å²) in [6, 6.07) is 8.36. The average molecular weight is 370 g/mol. The van der Waals surface area contributed by atoms with Crippen LogP contribution in [0.3, 0.4) is 0 Å². The number of hydrogen-bond acceptors (Lipinski definition) is 5. The molecule has 1 unspecified atom stereocenters. The van der Waals surface area contributed by atoms with E-state index in [0.29, 0.717) is 34.4 Å². The Morgan fingerprint density at radius 3 is 2.63 bits per heavy atom. The minimum Gasteiger partial charge on any atom is -0.493 e. The van der Waals surface area contributed by atoms with Gasteiger partial charge in [0.1, 0.15) is 11.5 Å². The minimum atomic E-state index is -0.285. The van der Waals surface area contributed by atoms with Gasteiger partial charge in [-0.3, -0.25) is 0 Å². The number of benzene rings is 1. The lowest BCUT2D eigenvalue weighted by atomic mass is 10.0. The summed E-state index contributed by atoms with van der Waals surface area (Å²) in [7, 11) is 3.12. The number of hydrogen-bond donors (Lipinski definition) is 1. The number of allylic oxidation sites excluding steroid dienone is 2. The average Bonchev–Trinajstić information content (AvgIpc) is 3.00. The third-order valence-electron chi connectivity index (χ3n) is 4.41. The summed E-state index contributed by atoms with van der Waals surface area (Å²) in [5.74, 6) is 1.18. The first-order valence-corrected chi connectivity index (χ1v) is 8.73. The van der Waals surface area contributed by atoms with Crippen molar-refractivity contribution in [2.75, 3.05) is 14.2 Å². The predicted molar refractivity (Wildman–Crippen MR) is 103 cm³/mol. The smallest absolute Gasteiger partial charge is 0.212 e. The molecule has 1 atom stereocenters. The molecule has 2 aromatic rings. The van der Waals surface area contributed by atoms with Crippen molar-refractivity contribution in [3.63, 3.8) is 0 Å². The molecule has 7 heteroatoms. The molecule has 3 rings (SSSR count). The van der Waals surface area contributed by atoms with E-state index in [9.17, 15) is 4.39 Å². The molecule has 2 heterocycles. The monoisotopic (exact) mass is 370 g/mol. The summed E-state index contributed by atoms with van der Waals surface area (Å²) < 4.78 is 26.3. The topological polar surface area (TPSA) is 74.7 Å². The second-order valence-electron chi connectivity index (χ2n) is 6.18. The Morgan fingerprint density at radius 1 is 1.19 bits per heavy atom. The molecule has 1 aromatic heterocycles. The van der Waals surface area contributed by atoms with Crippen LogP contribution in [0.25, 0.3) is 5.70 Å². The standard InChI is InChI=1S/C20H23FN4O2/c1-4-13-9-16(23-20(22)18(10-13)26-2)17-11-19(27-3)25(24-17)12-14-7-5-6-8-15(14)21/h5-11,13H,4,12H2,1-3H3,(H2,22,23). The van der Waals surface area contributed by atoms with E-state index in [4.69, 9.17) is 15.2 Å². The molecular weight excluding hydrogens is 347 g/mol. The lowest BCUT2D eigenvalue weighted by molar-refractivity contribution is 0.311. The Kier molecular flexibility index (Phi) is 5.59. The van der Waals surface area contributed by atoms with Crippen molar-refractivity contribution in [2.24, 2.45) is 16.6 Å². The first kappa shape index (κ1) is 18.7. The van der Waals surface area contributed by atoms with Crippen LogP contribution in [0.15, 0.2) is 53.2 Å². The molecule has 1 aliphatic heterocycles. The number of halogens is 1. The normalized spacial score (nSPS) is 16.9. The van der Waals surface area contributed by atoms with Gasteiger partial charge in [0.2, 0.25) is 5.88 Å². The highest BCUT2D eigenvalue weighted by atomic mass is 19.1. The van der Waals surface area contributed by atoms with E-state index in [0.717, 1.165) is 6.42 Å². The van der Waals surface area contributed by atoms with Crippen molar-refractivity contribution in [3.05, 3.63) is 65.3 Å². The number of aromatic nitrogens is 2. The molecule has 2 N–H and O–H groups in total. The van der Waals surface area contributed by atoms with Crippen LogP contribution in [0, 0.1) is 11.7 Å². The SMILES string of the molecule is CCC1C=C(OC)C(N)=NC(c2cc(OC)n(Cc3ccccc3F)n2)=C1. The first-order chi connectivity index (χ1) is 13.0. The first-order valence-electron chi connectivity index (χ1n) is 8.73. The number of methoxy groups -OCH3 is 2. The lowest BCUT2D eigenvalue weighted by Gasteiger charge is -2.07. The largest absolute Gasteiger partial charge is 0.493 e. The minimum absolute atomic E-state index is 0.113. The molecule has 27 heavy (non-hydrogen) atoms.